The zero-order chi connectivity index (χ0) is 16.3. The van der Waals surface area contributed by atoms with Gasteiger partial charge >= 0.3 is 0 Å². The first-order valence-electron chi connectivity index (χ1n) is 6.49. The summed E-state index contributed by atoms with van der Waals surface area (Å²) in [6.07, 6.45) is 0. The molecule has 2 rings (SSSR count). The van der Waals surface area contributed by atoms with E-state index < -0.39 is 5.75 Å². The van der Waals surface area contributed by atoms with Gasteiger partial charge in [-0.3, -0.25) is 4.79 Å². The maximum atomic E-state index is 12.2. The smallest absolute Gasteiger partial charge is 0.177 e. The maximum Gasteiger partial charge on any atom is 0.177 e. The van der Waals surface area contributed by atoms with Gasteiger partial charge in [0.15, 0.2) is 17.3 Å². The van der Waals surface area contributed by atoms with Gasteiger partial charge in [-0.25, -0.2) is 4.98 Å². The molecule has 5 nitrogen and oxygen atoms in total. The molecule has 0 unspecified atom stereocenters. The van der Waals surface area contributed by atoms with Crippen LogP contribution in [0.5, 0.6) is 11.5 Å². The van der Waals surface area contributed by atoms with E-state index in [4.69, 9.17) is 0 Å². The molecule has 0 spiro atoms. The summed E-state index contributed by atoms with van der Waals surface area (Å²) in [6.45, 7) is 3.64. The molecule has 1 aromatic heterocycles. The number of phenols is 2. The van der Waals surface area contributed by atoms with Crippen molar-refractivity contribution in [1.82, 2.24) is 4.98 Å². The fraction of sp³-hybridized carbons (Fsp3) is 0.188. The number of hydrogen-bond donors (Lipinski definition) is 2. The van der Waals surface area contributed by atoms with E-state index in [-0.39, 0.29) is 22.8 Å². The minimum Gasteiger partial charge on any atom is -0.504 e. The van der Waals surface area contributed by atoms with Gasteiger partial charge in [0.05, 0.1) is 16.9 Å². The summed E-state index contributed by atoms with van der Waals surface area (Å²) in [5.74, 6) is -1.09. The Morgan fingerprint density at radius 2 is 2.09 bits per heavy atom. The summed E-state index contributed by atoms with van der Waals surface area (Å²) >= 11 is 1.14. The Balaban J connectivity index is 2.22. The summed E-state index contributed by atoms with van der Waals surface area (Å²) in [7, 11) is 0. The van der Waals surface area contributed by atoms with Gasteiger partial charge in [-0.2, -0.15) is 5.26 Å². The second-order valence-corrected chi connectivity index (χ2v) is 5.72. The molecule has 2 N–H and O–H groups in total. The number of nitriles is 1. The predicted molar refractivity (Wildman–Crippen MR) is 83.3 cm³/mol. The van der Waals surface area contributed by atoms with Crippen molar-refractivity contribution in [1.29, 1.82) is 5.26 Å². The number of carbonyl (C=O) groups is 1. The van der Waals surface area contributed by atoms with Gasteiger partial charge in [-0.15, -0.1) is 0 Å². The molecular weight excluding hydrogens is 300 g/mol. The summed E-state index contributed by atoms with van der Waals surface area (Å²) in [6, 6.07) is 8.14. The van der Waals surface area contributed by atoms with Gasteiger partial charge in [-0.05, 0) is 37.6 Å². The average molecular weight is 314 g/mol. The number of ketones is 1. The van der Waals surface area contributed by atoms with Gasteiger partial charge in [0.1, 0.15) is 11.1 Å². The number of benzene rings is 1. The molecular formula is C16H14N2O3S. The molecule has 0 aliphatic carbocycles. The molecule has 6 heteroatoms. The van der Waals surface area contributed by atoms with E-state index >= 15 is 0 Å². The number of rotatable bonds is 4. The Kier molecular flexibility index (Phi) is 4.68. The fourth-order valence-electron chi connectivity index (χ4n) is 2.01. The van der Waals surface area contributed by atoms with Crippen LogP contribution in [0.15, 0.2) is 29.3 Å². The van der Waals surface area contributed by atoms with Gasteiger partial charge in [0.25, 0.3) is 0 Å². The molecule has 0 saturated heterocycles. The number of para-hydroxylation sites is 1. The van der Waals surface area contributed by atoms with Crippen LogP contribution in [-0.4, -0.2) is 26.7 Å². The Labute approximate surface area is 132 Å². The third kappa shape index (κ3) is 3.21. The van der Waals surface area contributed by atoms with Gasteiger partial charge in [-0.1, -0.05) is 17.8 Å². The van der Waals surface area contributed by atoms with E-state index in [2.05, 4.69) is 11.1 Å². The first-order chi connectivity index (χ1) is 10.4. The molecule has 1 aromatic carbocycles. The summed E-state index contributed by atoms with van der Waals surface area (Å²) in [5, 5.41) is 28.8. The fourth-order valence-corrected chi connectivity index (χ4v) is 2.99. The standard InChI is InChI=1S/C16H14N2O3S/c1-9-6-10(2)18-16(12(9)7-17)22-8-14(20)11-4-3-5-13(19)15(11)21/h3-6,19,21H,8H2,1-2H3. The molecule has 2 aromatic rings. The molecule has 0 radical (unpaired) electrons. The first kappa shape index (κ1) is 15.9. The molecule has 0 amide bonds. The highest BCUT2D eigenvalue weighted by molar-refractivity contribution is 8.00. The minimum absolute atomic E-state index is 0.0155. The molecule has 0 atom stereocenters. The van der Waals surface area contributed by atoms with Crippen LogP contribution in [-0.2, 0) is 0 Å². The highest BCUT2D eigenvalue weighted by Crippen LogP contribution is 2.30. The lowest BCUT2D eigenvalue weighted by atomic mass is 10.1. The number of aryl methyl sites for hydroxylation is 2. The van der Waals surface area contributed by atoms with E-state index in [0.29, 0.717) is 10.6 Å². The summed E-state index contributed by atoms with van der Waals surface area (Å²) in [4.78, 5) is 16.4. The Morgan fingerprint density at radius 1 is 1.36 bits per heavy atom. The second kappa shape index (κ2) is 6.50. The van der Waals surface area contributed by atoms with Crippen molar-refractivity contribution in [2.45, 2.75) is 18.9 Å². The molecule has 0 bridgehead atoms. The highest BCUT2D eigenvalue weighted by atomic mass is 32.2. The van der Waals surface area contributed by atoms with Crippen molar-refractivity contribution in [3.05, 3.63) is 46.6 Å². The van der Waals surface area contributed by atoms with Gasteiger partial charge < -0.3 is 10.2 Å². The van der Waals surface area contributed by atoms with E-state index in [1.165, 1.54) is 18.2 Å². The predicted octanol–water partition coefficient (Wildman–Crippen LogP) is 2.96. The van der Waals surface area contributed by atoms with Crippen LogP contribution < -0.4 is 0 Å². The van der Waals surface area contributed by atoms with Crippen LogP contribution in [0.4, 0.5) is 0 Å². The van der Waals surface area contributed by atoms with Crippen LogP contribution in [0.1, 0.15) is 27.2 Å². The monoisotopic (exact) mass is 314 g/mol. The van der Waals surface area contributed by atoms with Crippen LogP contribution >= 0.6 is 11.8 Å². The molecule has 22 heavy (non-hydrogen) atoms. The van der Waals surface area contributed by atoms with Crippen molar-refractivity contribution in [3.63, 3.8) is 0 Å². The van der Waals surface area contributed by atoms with Crippen LogP contribution in [0.2, 0.25) is 0 Å². The Hall–Kier alpha value is -2.52. The van der Waals surface area contributed by atoms with Gasteiger partial charge in [0.2, 0.25) is 0 Å². The lowest BCUT2D eigenvalue weighted by Gasteiger charge is -2.08. The normalized spacial score (nSPS) is 10.2. The number of phenolic OH excluding ortho intramolecular Hbond substituents is 2. The molecule has 1 heterocycles. The van der Waals surface area contributed by atoms with Crippen LogP contribution in [0.25, 0.3) is 0 Å². The maximum absolute atomic E-state index is 12.2. The molecule has 0 saturated carbocycles. The molecule has 0 aliphatic heterocycles. The lowest BCUT2D eigenvalue weighted by molar-refractivity contribution is 0.101. The number of nitrogens with zero attached hydrogens (tertiary/aromatic N) is 2. The number of Topliss-reactive ketones (excluding diaryl/α,β-unsaturated/α-hetero) is 1. The van der Waals surface area contributed by atoms with E-state index in [1.54, 1.807) is 0 Å². The second-order valence-electron chi connectivity index (χ2n) is 4.76. The van der Waals surface area contributed by atoms with Crippen LogP contribution in [0, 0.1) is 25.2 Å². The largest absolute Gasteiger partial charge is 0.504 e. The number of carbonyl (C=O) groups excluding carboxylic acids is 1. The highest BCUT2D eigenvalue weighted by Gasteiger charge is 2.16. The summed E-state index contributed by atoms with van der Waals surface area (Å²) in [5.41, 5.74) is 2.08. The minimum atomic E-state index is -0.429. The van der Waals surface area contributed by atoms with E-state index in [1.807, 2.05) is 19.9 Å². The number of hydrogen-bond acceptors (Lipinski definition) is 6. The average Bonchev–Trinajstić information content (AvgIpc) is 2.47. The van der Waals surface area contributed by atoms with E-state index in [0.717, 1.165) is 23.0 Å². The van der Waals surface area contributed by atoms with Crippen molar-refractivity contribution >= 4 is 17.5 Å². The number of pyridine rings is 1. The topological polar surface area (TPSA) is 94.2 Å². The SMILES string of the molecule is Cc1cc(C)c(C#N)c(SCC(=O)c2cccc(O)c2O)n1. The number of aromatic nitrogens is 1. The van der Waals surface area contributed by atoms with Gasteiger partial charge in [0, 0.05) is 5.69 Å². The van der Waals surface area contributed by atoms with E-state index in [9.17, 15) is 20.3 Å². The summed E-state index contributed by atoms with van der Waals surface area (Å²) < 4.78 is 0. The molecule has 0 aliphatic rings. The third-order valence-electron chi connectivity index (χ3n) is 3.08. The number of thioether (sulfide) groups is 1. The Morgan fingerprint density at radius 3 is 2.77 bits per heavy atom. The van der Waals surface area contributed by atoms with Crippen molar-refractivity contribution < 1.29 is 15.0 Å². The molecule has 112 valence electrons. The first-order valence-corrected chi connectivity index (χ1v) is 7.48. The lowest BCUT2D eigenvalue weighted by Crippen LogP contribution is -2.04. The van der Waals surface area contributed by atoms with Crippen molar-refractivity contribution in [2.24, 2.45) is 0 Å². The molecule has 0 fully saturated rings. The third-order valence-corrected chi connectivity index (χ3v) is 4.05. The number of aromatic hydroxyl groups is 2. The van der Waals surface area contributed by atoms with Crippen molar-refractivity contribution in [3.8, 4) is 17.6 Å². The zero-order valence-electron chi connectivity index (χ0n) is 12.1. The van der Waals surface area contributed by atoms with Crippen LogP contribution in [0.3, 0.4) is 0 Å². The zero-order valence-corrected chi connectivity index (χ0v) is 12.9. The Bertz CT molecular complexity index is 782. The quantitative estimate of drug-likeness (QED) is 0.512. The van der Waals surface area contributed by atoms with Crippen molar-refractivity contribution in [2.75, 3.05) is 5.75 Å².